The van der Waals surface area contributed by atoms with Crippen LogP contribution in [0.2, 0.25) is 0 Å². The van der Waals surface area contributed by atoms with E-state index in [1.165, 1.54) is 16.5 Å². The van der Waals surface area contributed by atoms with E-state index in [0.29, 0.717) is 11.7 Å². The van der Waals surface area contributed by atoms with E-state index in [1.54, 1.807) is 6.07 Å². The Balaban J connectivity index is 1.23. The second kappa shape index (κ2) is 6.89. The van der Waals surface area contributed by atoms with Crippen molar-refractivity contribution in [1.82, 2.24) is 15.2 Å². The molecule has 1 unspecified atom stereocenters. The zero-order valence-corrected chi connectivity index (χ0v) is 15.8. The molecule has 1 aromatic heterocycles. The van der Waals surface area contributed by atoms with Crippen molar-refractivity contribution in [2.75, 3.05) is 13.1 Å². The van der Waals surface area contributed by atoms with Crippen molar-refractivity contribution in [2.24, 2.45) is 0 Å². The van der Waals surface area contributed by atoms with Gasteiger partial charge in [-0.3, -0.25) is 0 Å². The first kappa shape index (κ1) is 17.2. The van der Waals surface area contributed by atoms with Gasteiger partial charge in [-0.15, -0.1) is 0 Å². The number of nitrogens with one attached hydrogen (secondary N) is 2. The number of aromatic amines is 1. The SMILES string of the molecule is O=C(NC1CCc2c(O)cccc21)N1CCC(c2c[nH]c3ccccc23)CC1. The van der Waals surface area contributed by atoms with Gasteiger partial charge in [-0.1, -0.05) is 30.3 Å². The maximum Gasteiger partial charge on any atom is 0.317 e. The number of aromatic nitrogens is 1. The van der Waals surface area contributed by atoms with Gasteiger partial charge in [-0.25, -0.2) is 4.79 Å². The molecule has 0 radical (unpaired) electrons. The second-order valence-electron chi connectivity index (χ2n) is 7.94. The van der Waals surface area contributed by atoms with Gasteiger partial charge in [0.25, 0.3) is 0 Å². The number of fused-ring (bicyclic) bond motifs is 2. The summed E-state index contributed by atoms with van der Waals surface area (Å²) in [4.78, 5) is 18.1. The molecule has 2 aromatic carbocycles. The number of amides is 2. The lowest BCUT2D eigenvalue weighted by molar-refractivity contribution is 0.177. The van der Waals surface area contributed by atoms with Crippen LogP contribution < -0.4 is 5.32 Å². The van der Waals surface area contributed by atoms with Crippen molar-refractivity contribution in [3.63, 3.8) is 0 Å². The van der Waals surface area contributed by atoms with Crippen molar-refractivity contribution < 1.29 is 9.90 Å². The van der Waals surface area contributed by atoms with E-state index in [0.717, 1.165) is 49.9 Å². The van der Waals surface area contributed by atoms with Gasteiger partial charge in [0.05, 0.1) is 6.04 Å². The molecule has 1 aliphatic heterocycles. The van der Waals surface area contributed by atoms with Crippen LogP contribution in [0.25, 0.3) is 10.9 Å². The van der Waals surface area contributed by atoms with E-state index in [4.69, 9.17) is 0 Å². The Kier molecular flexibility index (Phi) is 4.23. The highest BCUT2D eigenvalue weighted by Crippen LogP contribution is 2.37. The fourth-order valence-electron chi connectivity index (χ4n) is 4.85. The summed E-state index contributed by atoms with van der Waals surface area (Å²) in [7, 11) is 0. The molecule has 1 aliphatic carbocycles. The predicted molar refractivity (Wildman–Crippen MR) is 110 cm³/mol. The molecule has 0 spiro atoms. The molecule has 144 valence electrons. The number of carbonyl (C=O) groups is 1. The number of aromatic hydroxyl groups is 1. The Morgan fingerprint density at radius 1 is 1.04 bits per heavy atom. The van der Waals surface area contributed by atoms with Gasteiger partial charge in [0.1, 0.15) is 5.75 Å². The molecule has 0 saturated carbocycles. The molecule has 2 aliphatic rings. The fraction of sp³-hybridized carbons (Fsp3) is 0.348. The Bertz CT molecular complexity index is 1020. The molecule has 3 N–H and O–H groups in total. The van der Waals surface area contributed by atoms with Gasteiger partial charge in [-0.2, -0.15) is 0 Å². The van der Waals surface area contributed by atoms with Gasteiger partial charge in [0, 0.05) is 30.2 Å². The van der Waals surface area contributed by atoms with Crippen LogP contribution in [0.5, 0.6) is 5.75 Å². The number of H-pyrrole nitrogens is 1. The largest absolute Gasteiger partial charge is 0.508 e. The number of hydrogen-bond acceptors (Lipinski definition) is 2. The van der Waals surface area contributed by atoms with Crippen molar-refractivity contribution >= 4 is 16.9 Å². The van der Waals surface area contributed by atoms with Crippen LogP contribution in [0, 0.1) is 0 Å². The summed E-state index contributed by atoms with van der Waals surface area (Å²) in [5, 5.41) is 14.5. The molecule has 5 nitrogen and oxygen atoms in total. The molecule has 1 saturated heterocycles. The minimum absolute atomic E-state index is 0.000871. The summed E-state index contributed by atoms with van der Waals surface area (Å²) < 4.78 is 0. The Labute approximate surface area is 164 Å². The van der Waals surface area contributed by atoms with E-state index >= 15 is 0 Å². The van der Waals surface area contributed by atoms with Crippen molar-refractivity contribution in [1.29, 1.82) is 0 Å². The van der Waals surface area contributed by atoms with Gasteiger partial charge < -0.3 is 20.3 Å². The number of phenolic OH excluding ortho intramolecular Hbond substituents is 1. The molecule has 1 atom stereocenters. The van der Waals surface area contributed by atoms with Gasteiger partial charge in [0.15, 0.2) is 0 Å². The Morgan fingerprint density at radius 2 is 1.86 bits per heavy atom. The summed E-state index contributed by atoms with van der Waals surface area (Å²) in [5.74, 6) is 0.832. The molecule has 3 aromatic rings. The van der Waals surface area contributed by atoms with Crippen molar-refractivity contribution in [3.05, 3.63) is 65.4 Å². The average Bonchev–Trinajstić information content (AvgIpc) is 3.33. The Morgan fingerprint density at radius 3 is 2.71 bits per heavy atom. The van der Waals surface area contributed by atoms with Crippen molar-refractivity contribution in [3.8, 4) is 5.75 Å². The van der Waals surface area contributed by atoms with Crippen LogP contribution in [-0.4, -0.2) is 34.1 Å². The smallest absolute Gasteiger partial charge is 0.317 e. The number of rotatable bonds is 2. The molecular weight excluding hydrogens is 350 g/mol. The summed E-state index contributed by atoms with van der Waals surface area (Å²) >= 11 is 0. The zero-order valence-electron chi connectivity index (χ0n) is 15.8. The molecule has 1 fully saturated rings. The lowest BCUT2D eigenvalue weighted by atomic mass is 9.89. The van der Waals surface area contributed by atoms with Crippen LogP contribution in [0.1, 0.15) is 47.9 Å². The lowest BCUT2D eigenvalue weighted by Crippen LogP contribution is -2.45. The topological polar surface area (TPSA) is 68.4 Å². The third-order valence-corrected chi connectivity index (χ3v) is 6.39. The number of carbonyl (C=O) groups excluding carboxylic acids is 1. The van der Waals surface area contributed by atoms with E-state index in [9.17, 15) is 9.90 Å². The van der Waals surface area contributed by atoms with Crippen LogP contribution in [-0.2, 0) is 6.42 Å². The third kappa shape index (κ3) is 2.91. The summed E-state index contributed by atoms with van der Waals surface area (Å²) in [6.07, 6.45) is 5.77. The molecule has 5 heteroatoms. The van der Waals surface area contributed by atoms with Gasteiger partial charge >= 0.3 is 6.03 Å². The quantitative estimate of drug-likeness (QED) is 0.619. The number of benzene rings is 2. The lowest BCUT2D eigenvalue weighted by Gasteiger charge is -2.33. The minimum Gasteiger partial charge on any atom is -0.508 e. The molecule has 2 amide bonds. The molecule has 0 bridgehead atoms. The molecule has 2 heterocycles. The van der Waals surface area contributed by atoms with Crippen LogP contribution in [0.3, 0.4) is 0 Å². The number of phenols is 1. The highest BCUT2D eigenvalue weighted by Gasteiger charge is 2.30. The summed E-state index contributed by atoms with van der Waals surface area (Å²) in [5.41, 5.74) is 4.59. The van der Waals surface area contributed by atoms with Crippen LogP contribution in [0.4, 0.5) is 4.79 Å². The second-order valence-corrected chi connectivity index (χ2v) is 7.94. The van der Waals surface area contributed by atoms with Crippen LogP contribution >= 0.6 is 0 Å². The third-order valence-electron chi connectivity index (χ3n) is 6.39. The van der Waals surface area contributed by atoms with Gasteiger partial charge in [0.2, 0.25) is 0 Å². The predicted octanol–water partition coefficient (Wildman–Crippen LogP) is 4.45. The molecule has 5 rings (SSSR count). The maximum absolute atomic E-state index is 12.8. The standard InChI is InChI=1S/C23H25N3O2/c27-22-7-3-5-16-18(22)8-9-21(16)25-23(28)26-12-10-15(11-13-26)19-14-24-20-6-2-1-4-17(19)20/h1-7,14-15,21,24,27H,8-13H2,(H,25,28). The van der Waals surface area contributed by atoms with E-state index < -0.39 is 0 Å². The zero-order chi connectivity index (χ0) is 19.1. The first-order valence-electron chi connectivity index (χ1n) is 10.1. The monoisotopic (exact) mass is 375 g/mol. The summed E-state index contributed by atoms with van der Waals surface area (Å²) in [6.45, 7) is 1.55. The molecular formula is C23H25N3O2. The summed E-state index contributed by atoms with van der Waals surface area (Å²) in [6, 6.07) is 14.0. The number of likely N-dealkylation sites (tertiary alicyclic amines) is 1. The number of piperidine rings is 1. The fourth-order valence-corrected chi connectivity index (χ4v) is 4.85. The normalized spacial score (nSPS) is 19.7. The van der Waals surface area contributed by atoms with Crippen LogP contribution in [0.15, 0.2) is 48.7 Å². The number of para-hydroxylation sites is 1. The highest BCUT2D eigenvalue weighted by atomic mass is 16.3. The number of urea groups is 1. The highest BCUT2D eigenvalue weighted by molar-refractivity contribution is 5.83. The average molecular weight is 375 g/mol. The first-order valence-corrected chi connectivity index (χ1v) is 10.1. The number of nitrogens with zero attached hydrogens (tertiary/aromatic N) is 1. The number of hydrogen-bond donors (Lipinski definition) is 3. The minimum atomic E-state index is 0.000871. The van der Waals surface area contributed by atoms with E-state index in [1.807, 2.05) is 17.0 Å². The first-order chi connectivity index (χ1) is 13.7. The van der Waals surface area contributed by atoms with Crippen molar-refractivity contribution in [2.45, 2.75) is 37.6 Å². The van der Waals surface area contributed by atoms with E-state index in [2.05, 4.69) is 40.8 Å². The van der Waals surface area contributed by atoms with Gasteiger partial charge in [-0.05, 0) is 60.4 Å². The molecule has 28 heavy (non-hydrogen) atoms. The Hall–Kier alpha value is -2.95. The van der Waals surface area contributed by atoms with E-state index in [-0.39, 0.29) is 12.1 Å². The maximum atomic E-state index is 12.8.